The Morgan fingerprint density at radius 1 is 0.387 bits per heavy atom. The van der Waals surface area contributed by atoms with Gasteiger partial charge in [0.2, 0.25) is 53.2 Å². The predicted molar refractivity (Wildman–Crippen MR) is 328 cm³/mol. The molecule has 19 N–H and O–H groups in total. The highest BCUT2D eigenvalue weighted by Gasteiger charge is 2.48. The van der Waals surface area contributed by atoms with E-state index in [1.54, 1.807) is 0 Å². The van der Waals surface area contributed by atoms with Crippen molar-refractivity contribution < 1.29 is 118 Å². The van der Waals surface area contributed by atoms with Crippen molar-refractivity contribution >= 4 is 53.2 Å². The van der Waals surface area contributed by atoms with E-state index < -0.39 is 165 Å². The van der Waals surface area contributed by atoms with Gasteiger partial charge in [0, 0.05) is 85.9 Å². The van der Waals surface area contributed by atoms with Gasteiger partial charge < -0.3 is 123 Å². The lowest BCUT2D eigenvalue weighted by molar-refractivity contribution is -0.270. The Hall–Kier alpha value is -5.37. The van der Waals surface area contributed by atoms with Crippen LogP contribution in [0.3, 0.4) is 0 Å². The van der Waals surface area contributed by atoms with Crippen LogP contribution in [0, 0.1) is 0 Å². The maximum atomic E-state index is 14.2. The Labute approximate surface area is 542 Å². The van der Waals surface area contributed by atoms with Gasteiger partial charge in [-0.15, -0.1) is 0 Å². The Bertz CT molecular complexity index is 2250. The summed E-state index contributed by atoms with van der Waals surface area (Å²) in [6.07, 6.45) is -7.27. The van der Waals surface area contributed by atoms with Gasteiger partial charge in [0.1, 0.15) is 85.1 Å². The number of ether oxygens (including phenoxy) is 6. The average Bonchev–Trinajstić information content (AvgIpc) is 0.868. The Balaban J connectivity index is 1.57. The van der Waals surface area contributed by atoms with Crippen LogP contribution in [-0.2, 0) is 71.6 Å². The van der Waals surface area contributed by atoms with Crippen molar-refractivity contribution in [1.29, 1.82) is 0 Å². The van der Waals surface area contributed by atoms with Crippen molar-refractivity contribution in [1.82, 2.24) is 42.5 Å². The zero-order valence-corrected chi connectivity index (χ0v) is 54.0. The number of hydrogen-bond donors (Lipinski definition) is 18. The molecule has 17 unspecified atom stereocenters. The summed E-state index contributed by atoms with van der Waals surface area (Å²) in [4.78, 5) is 114. The van der Waals surface area contributed by atoms with Crippen LogP contribution in [0.2, 0.25) is 0 Å². The molecule has 0 saturated carbocycles. The van der Waals surface area contributed by atoms with Crippen LogP contribution in [0.15, 0.2) is 0 Å². The summed E-state index contributed by atoms with van der Waals surface area (Å²) in [7, 11) is 0. The number of carbonyl (C=O) groups is 9. The third-order valence-corrected chi connectivity index (χ3v) is 15.9. The van der Waals surface area contributed by atoms with Crippen molar-refractivity contribution in [3.05, 3.63) is 0 Å². The van der Waals surface area contributed by atoms with Gasteiger partial charge in [0.25, 0.3) is 0 Å². The van der Waals surface area contributed by atoms with Gasteiger partial charge in [-0.1, -0.05) is 25.7 Å². The third kappa shape index (κ3) is 31.4. The highest BCUT2D eigenvalue weighted by Crippen LogP contribution is 2.26. The van der Waals surface area contributed by atoms with Crippen LogP contribution in [0.25, 0.3) is 0 Å². The van der Waals surface area contributed by atoms with Crippen LogP contribution in [0.4, 0.5) is 0 Å². The number of unbranched alkanes of at least 4 members (excludes halogenated alkanes) is 10. The lowest BCUT2D eigenvalue weighted by atomic mass is 9.97. The molecule has 0 aliphatic carbocycles. The van der Waals surface area contributed by atoms with Crippen molar-refractivity contribution in [2.45, 2.75) is 266 Å². The minimum absolute atomic E-state index is 0.0108. The number of primary amides is 1. The molecule has 0 aromatic rings. The van der Waals surface area contributed by atoms with E-state index in [0.717, 1.165) is 0 Å². The fraction of sp³-hybridized carbons (Fsp3) is 0.850. The largest absolute Gasteiger partial charge is 0.394 e. The van der Waals surface area contributed by atoms with Crippen molar-refractivity contribution in [3.8, 4) is 0 Å². The van der Waals surface area contributed by atoms with Crippen LogP contribution in [0.1, 0.15) is 162 Å². The molecule has 3 aliphatic rings. The summed E-state index contributed by atoms with van der Waals surface area (Å²) in [5.74, 6) is -3.95. The molecular weight excluding hydrogens is 1230 g/mol. The highest BCUT2D eigenvalue weighted by atomic mass is 16.7. The first-order valence-electron chi connectivity index (χ1n) is 32.6. The van der Waals surface area contributed by atoms with Crippen molar-refractivity contribution in [2.24, 2.45) is 5.73 Å². The molecule has 0 aromatic carbocycles. The zero-order valence-electron chi connectivity index (χ0n) is 54.0. The molecule has 33 heteroatoms. The Kier molecular flexibility index (Phi) is 40.4. The van der Waals surface area contributed by atoms with Gasteiger partial charge in [-0.25, -0.2) is 0 Å². The molecule has 3 saturated heterocycles. The number of rotatable bonds is 47. The number of amides is 9. The molecular formula is C60H107N9O24. The minimum Gasteiger partial charge on any atom is -0.394 e. The normalized spacial score (nSPS) is 26.8. The topological polar surface area (TPSA) is 513 Å². The zero-order chi connectivity index (χ0) is 68.8. The maximum Gasteiger partial charge on any atom is 0.243 e. The molecule has 536 valence electrons. The second kappa shape index (κ2) is 45.9. The summed E-state index contributed by atoms with van der Waals surface area (Å²) in [6.45, 7) is 2.97. The van der Waals surface area contributed by atoms with E-state index in [-0.39, 0.29) is 89.8 Å². The van der Waals surface area contributed by atoms with E-state index in [9.17, 15) is 89.1 Å². The molecule has 3 heterocycles. The van der Waals surface area contributed by atoms with E-state index >= 15 is 0 Å². The first kappa shape index (κ1) is 81.9. The molecule has 33 nitrogen and oxygen atoms in total. The van der Waals surface area contributed by atoms with Gasteiger partial charge in [0.05, 0.1) is 19.8 Å². The summed E-state index contributed by atoms with van der Waals surface area (Å²) in [5, 5.41) is 113. The molecule has 0 radical (unpaired) electrons. The molecule has 17 atom stereocenters. The SMILES string of the molecule is CC(=O)NC1C(OCCCCCC(=O)NCCCCC(NC(=O)CCCCCOC2OC(CO)C(O)C(O)C2NC(C)=O)C(=O)NC(CCCCNC(=O)CCCCCOC2OC(CO)C(O)C(O)C2NC(C)=O)C(=O)NCCCCCC(N)=O)OC(CO)C(O)C1O. The number of nitrogens with two attached hydrogens (primary N) is 1. The first-order valence-corrected chi connectivity index (χ1v) is 32.6. The fourth-order valence-corrected chi connectivity index (χ4v) is 10.7. The molecule has 93 heavy (non-hydrogen) atoms. The molecule has 0 spiro atoms. The molecule has 3 rings (SSSR count). The van der Waals surface area contributed by atoms with Crippen LogP contribution < -0.4 is 48.3 Å². The van der Waals surface area contributed by atoms with E-state index in [1.807, 2.05) is 0 Å². The first-order chi connectivity index (χ1) is 44.4. The second-order valence-corrected chi connectivity index (χ2v) is 23.8. The van der Waals surface area contributed by atoms with Crippen molar-refractivity contribution in [2.75, 3.05) is 59.3 Å². The van der Waals surface area contributed by atoms with E-state index in [1.165, 1.54) is 20.8 Å². The van der Waals surface area contributed by atoms with Crippen LogP contribution in [-0.4, -0.2) is 262 Å². The standard InChI is InChI=1S/C60H107N9O24/c1-35(73)65-47-53(83)50(80)40(32-70)91-58(47)88-29-17-5-9-23-44(77)62-26-15-12-20-38(56(86)64-28-14-4-8-22-43(61)76)69-57(87)39(68-46(79)25-11-7-19-31-90-60-49(67-37(3)75)55(85)52(82)42(34-72)93-60)21-13-16-27-63-45(78)24-10-6-18-30-89-59-48(66-36(2)74)54(84)51(81)41(33-71)92-59/h38-42,47-55,58-60,70-72,80-85H,4-34H2,1-3H3,(H2,61,76)(H,62,77)(H,63,78)(H,64,86)(H,65,73)(H,66,74)(H,67,75)(H,68,79)(H,69,87). The lowest BCUT2D eigenvalue weighted by Gasteiger charge is -2.42. The molecule has 3 fully saturated rings. The Morgan fingerprint density at radius 3 is 1.06 bits per heavy atom. The molecule has 0 bridgehead atoms. The molecule has 3 aliphatic heterocycles. The minimum atomic E-state index is -1.49. The number of carbonyl (C=O) groups excluding carboxylic acids is 9. The second-order valence-electron chi connectivity index (χ2n) is 23.8. The van der Waals surface area contributed by atoms with E-state index in [0.29, 0.717) is 103 Å². The highest BCUT2D eigenvalue weighted by molar-refractivity contribution is 5.92. The maximum absolute atomic E-state index is 14.2. The average molecular weight is 1340 g/mol. The van der Waals surface area contributed by atoms with Crippen LogP contribution >= 0.6 is 0 Å². The number of aliphatic hydroxyl groups is 9. The smallest absolute Gasteiger partial charge is 0.243 e. The summed E-state index contributed by atoms with van der Waals surface area (Å²) >= 11 is 0. The predicted octanol–water partition coefficient (Wildman–Crippen LogP) is -4.75. The lowest BCUT2D eigenvalue weighted by Crippen LogP contribution is -2.64. The van der Waals surface area contributed by atoms with Gasteiger partial charge in [0.15, 0.2) is 18.9 Å². The fourth-order valence-electron chi connectivity index (χ4n) is 10.7. The summed E-state index contributed by atoms with van der Waals surface area (Å²) in [6, 6.07) is -5.45. The Morgan fingerprint density at radius 2 is 0.710 bits per heavy atom. The molecule has 9 amide bonds. The number of aliphatic hydroxyl groups excluding tert-OH is 9. The quantitative estimate of drug-likeness (QED) is 0.0254. The molecule has 0 aromatic heterocycles. The van der Waals surface area contributed by atoms with Gasteiger partial charge in [-0.2, -0.15) is 0 Å². The van der Waals surface area contributed by atoms with E-state index in [4.69, 9.17) is 34.2 Å². The number of hydrogen-bond acceptors (Lipinski definition) is 24. The van der Waals surface area contributed by atoms with Gasteiger partial charge in [-0.3, -0.25) is 43.2 Å². The van der Waals surface area contributed by atoms with Crippen molar-refractivity contribution in [3.63, 3.8) is 0 Å². The monoisotopic (exact) mass is 1340 g/mol. The van der Waals surface area contributed by atoms with E-state index in [2.05, 4.69) is 42.5 Å². The van der Waals surface area contributed by atoms with Gasteiger partial charge in [-0.05, 0) is 89.9 Å². The summed E-state index contributed by atoms with van der Waals surface area (Å²) in [5.41, 5.74) is 5.27. The van der Waals surface area contributed by atoms with Crippen LogP contribution in [0.5, 0.6) is 0 Å². The summed E-state index contributed by atoms with van der Waals surface area (Å²) < 4.78 is 34.0. The number of nitrogens with one attached hydrogen (secondary N) is 8. The third-order valence-electron chi connectivity index (χ3n) is 15.9. The van der Waals surface area contributed by atoms with Gasteiger partial charge >= 0.3 is 0 Å².